The van der Waals surface area contributed by atoms with Gasteiger partial charge in [0.05, 0.1) is 0 Å². The molecule has 9 rings (SSSR count). The summed E-state index contributed by atoms with van der Waals surface area (Å²) in [5, 5.41) is 6.65. The molecule has 0 saturated heterocycles. The monoisotopic (exact) mass is 638 g/mol. The van der Waals surface area contributed by atoms with E-state index in [0.29, 0.717) is 16.5 Å². The summed E-state index contributed by atoms with van der Waals surface area (Å²) in [7, 11) is 32.4. The number of thiophene rings is 1. The summed E-state index contributed by atoms with van der Waals surface area (Å²) in [5.74, 6) is 0. The van der Waals surface area contributed by atoms with Crippen LogP contribution in [-0.2, 0) is 0 Å². The van der Waals surface area contributed by atoms with Gasteiger partial charge in [-0.05, 0) is 84.3 Å². The van der Waals surface area contributed by atoms with Gasteiger partial charge >= 0.3 is 0 Å². The molecule has 9 aromatic rings. The lowest BCUT2D eigenvalue weighted by molar-refractivity contribution is 1.61. The Balaban J connectivity index is 1.37. The van der Waals surface area contributed by atoms with Crippen LogP contribution in [0.3, 0.4) is 0 Å². The highest BCUT2D eigenvalue weighted by molar-refractivity contribution is 7.26. The predicted octanol–water partition coefficient (Wildman–Crippen LogP) is 7.00. The van der Waals surface area contributed by atoms with Gasteiger partial charge in [0.25, 0.3) is 0 Å². The first kappa shape index (κ1) is 30.9. The fraction of sp³-hybridized carbons (Fsp3) is 0. The molecule has 0 N–H and O–H groups in total. The minimum absolute atomic E-state index is 0.203. The van der Waals surface area contributed by atoms with Gasteiger partial charge in [-0.1, -0.05) is 132 Å². The number of hydrogen-bond acceptors (Lipinski definition) is 1. The molecule has 1 aromatic heterocycles. The van der Waals surface area contributed by atoms with Crippen LogP contribution >= 0.6 is 11.3 Å². The fourth-order valence-corrected chi connectivity index (χ4v) is 8.75. The summed E-state index contributed by atoms with van der Waals surface area (Å²) in [6.45, 7) is 0. The lowest BCUT2D eigenvalue weighted by Crippen LogP contribution is -2.55. The molecule has 0 bridgehead atoms. The summed E-state index contributed by atoms with van der Waals surface area (Å²) in [6.07, 6.45) is 0. The average Bonchev–Trinajstić information content (AvgIpc) is 3.55. The largest absolute Gasteiger partial charge is 0.135 e. The van der Waals surface area contributed by atoms with E-state index >= 15 is 0 Å². The van der Waals surface area contributed by atoms with Crippen LogP contribution in [-0.4, -0.2) is 39.2 Å². The van der Waals surface area contributed by atoms with Gasteiger partial charge in [-0.15, -0.1) is 27.7 Å². The Morgan fingerprint density at radius 3 is 1.42 bits per heavy atom. The summed E-state index contributed by atoms with van der Waals surface area (Å²) in [4.78, 5) is 0. The zero-order chi connectivity index (χ0) is 34.1. The maximum atomic E-state index is 6.70. The van der Waals surface area contributed by atoms with Crippen molar-refractivity contribution in [2.75, 3.05) is 0 Å². The molecule has 0 amide bonds. The summed E-state index contributed by atoms with van der Waals surface area (Å²) in [6, 6.07) is 49.6. The van der Waals surface area contributed by atoms with Crippen molar-refractivity contribution < 1.29 is 0 Å². The highest BCUT2D eigenvalue weighted by Crippen LogP contribution is 2.47. The van der Waals surface area contributed by atoms with Crippen molar-refractivity contribution in [1.29, 1.82) is 0 Å². The molecule has 0 aliphatic heterocycles. The van der Waals surface area contributed by atoms with Gasteiger partial charge in [-0.25, -0.2) is 0 Å². The number of rotatable bonds is 4. The number of benzene rings is 8. The van der Waals surface area contributed by atoms with Crippen LogP contribution in [0.5, 0.6) is 0 Å². The molecule has 0 spiro atoms. The van der Waals surface area contributed by atoms with Crippen molar-refractivity contribution in [3.8, 4) is 44.5 Å². The van der Waals surface area contributed by atoms with E-state index in [0.717, 1.165) is 43.8 Å². The first-order chi connectivity index (χ1) is 24.4. The zero-order valence-corrected chi connectivity index (χ0v) is 27.9. The average molecular weight is 638 g/mol. The molecule has 10 radical (unpaired) electrons. The lowest BCUT2D eigenvalue weighted by atomic mass is 9.59. The van der Waals surface area contributed by atoms with Crippen LogP contribution in [0.25, 0.3) is 86.2 Å². The van der Waals surface area contributed by atoms with Crippen molar-refractivity contribution in [1.82, 2.24) is 0 Å². The lowest BCUT2D eigenvalue weighted by Gasteiger charge is -2.25. The third-order valence-electron chi connectivity index (χ3n) is 9.95. The Bertz CT molecular complexity index is 2730. The van der Waals surface area contributed by atoms with E-state index in [1.165, 1.54) is 36.9 Å². The Hall–Kier alpha value is -5.18. The SMILES string of the molecule is [B]c1c([B])c([B])c(-c2c3ccccc3c(-c3cccc(-c4c(-c5ccccc5)ccc5sc6ccccc6c45)c3)c3ccccc23)c([B])c1[B]. The summed E-state index contributed by atoms with van der Waals surface area (Å²) < 4.78 is 2.55. The number of hydrogen-bond donors (Lipinski definition) is 0. The van der Waals surface area contributed by atoms with Crippen molar-refractivity contribution in [3.63, 3.8) is 0 Å². The van der Waals surface area contributed by atoms with Crippen LogP contribution in [0.2, 0.25) is 0 Å². The molecular weight excluding hydrogens is 615 g/mol. The van der Waals surface area contributed by atoms with Crippen molar-refractivity contribution in [2.45, 2.75) is 0 Å². The van der Waals surface area contributed by atoms with Gasteiger partial charge in [0.15, 0.2) is 0 Å². The molecule has 220 valence electrons. The second kappa shape index (κ2) is 12.0. The minimum atomic E-state index is 0.203. The van der Waals surface area contributed by atoms with Crippen molar-refractivity contribution in [3.05, 3.63) is 140 Å². The van der Waals surface area contributed by atoms with E-state index < -0.39 is 0 Å². The van der Waals surface area contributed by atoms with E-state index in [-0.39, 0.29) is 16.4 Å². The Kier molecular flexibility index (Phi) is 7.41. The smallest absolute Gasteiger partial charge is 0.113 e. The Morgan fingerprint density at radius 2 is 0.800 bits per heavy atom. The second-order valence-corrected chi connectivity index (χ2v) is 13.8. The standard InChI is InChI=1S/C44H23B5S/c45-40-39(41(46)43(48)44(49)42(40)47)37-30-17-6-4-15-28(30)35(29-16-5-7-18-31(29)37)25-13-10-14-26(23-25)36-27(24-11-2-1-3-12-24)21-22-34-38(36)32-19-8-9-20-33(32)50-34/h1-23H. The highest BCUT2D eigenvalue weighted by atomic mass is 32.1. The van der Waals surface area contributed by atoms with E-state index in [1.54, 1.807) is 0 Å². The molecule has 0 unspecified atom stereocenters. The van der Waals surface area contributed by atoms with E-state index in [4.69, 9.17) is 39.2 Å². The molecular formula is C44H23B5S. The van der Waals surface area contributed by atoms with Gasteiger partial charge in [0.2, 0.25) is 0 Å². The van der Waals surface area contributed by atoms with E-state index in [1.807, 2.05) is 23.5 Å². The second-order valence-electron chi connectivity index (χ2n) is 12.7. The molecule has 0 saturated carbocycles. The Labute approximate surface area is 302 Å². The van der Waals surface area contributed by atoms with Gasteiger partial charge < -0.3 is 0 Å². The van der Waals surface area contributed by atoms with E-state index in [2.05, 4.69) is 127 Å². The van der Waals surface area contributed by atoms with Crippen LogP contribution < -0.4 is 27.3 Å². The van der Waals surface area contributed by atoms with Crippen molar-refractivity contribution >= 4 is 120 Å². The predicted molar refractivity (Wildman–Crippen MR) is 223 cm³/mol. The Morgan fingerprint density at radius 1 is 0.320 bits per heavy atom. The molecule has 0 fully saturated rings. The molecule has 0 atom stereocenters. The van der Waals surface area contributed by atoms with Gasteiger partial charge in [0.1, 0.15) is 39.2 Å². The first-order valence-corrected chi connectivity index (χ1v) is 17.3. The third kappa shape index (κ3) is 4.66. The summed E-state index contributed by atoms with van der Waals surface area (Å²) in [5.41, 5.74) is 9.80. The van der Waals surface area contributed by atoms with Crippen molar-refractivity contribution in [2.24, 2.45) is 0 Å². The molecule has 0 aliphatic carbocycles. The molecule has 6 heteroatoms. The fourth-order valence-electron chi connectivity index (χ4n) is 7.63. The molecule has 0 nitrogen and oxygen atoms in total. The number of fused-ring (bicyclic) bond motifs is 5. The summed E-state index contributed by atoms with van der Waals surface area (Å²) >= 11 is 1.84. The van der Waals surface area contributed by atoms with Gasteiger partial charge in [0, 0.05) is 20.2 Å². The van der Waals surface area contributed by atoms with Crippen LogP contribution in [0.15, 0.2) is 140 Å². The molecule has 0 aliphatic rings. The minimum Gasteiger partial charge on any atom is -0.135 e. The quantitative estimate of drug-likeness (QED) is 0.144. The highest BCUT2D eigenvalue weighted by Gasteiger charge is 2.22. The van der Waals surface area contributed by atoms with Gasteiger partial charge in [-0.2, -0.15) is 0 Å². The maximum absolute atomic E-state index is 6.70. The topological polar surface area (TPSA) is 0 Å². The maximum Gasteiger partial charge on any atom is 0.113 e. The zero-order valence-electron chi connectivity index (χ0n) is 27.1. The third-order valence-corrected chi connectivity index (χ3v) is 11.1. The molecule has 1 heterocycles. The van der Waals surface area contributed by atoms with Crippen LogP contribution in [0.1, 0.15) is 0 Å². The van der Waals surface area contributed by atoms with E-state index in [9.17, 15) is 0 Å². The van der Waals surface area contributed by atoms with Crippen LogP contribution in [0.4, 0.5) is 0 Å². The van der Waals surface area contributed by atoms with Crippen LogP contribution in [0, 0.1) is 0 Å². The molecule has 8 aromatic carbocycles. The van der Waals surface area contributed by atoms with Gasteiger partial charge in [-0.3, -0.25) is 0 Å². The first-order valence-electron chi connectivity index (χ1n) is 16.5. The molecule has 50 heavy (non-hydrogen) atoms. The normalized spacial score (nSPS) is 11.6.